The van der Waals surface area contributed by atoms with E-state index < -0.39 is 12.0 Å². The Hall–Kier alpha value is -0.830. The second kappa shape index (κ2) is 4.99. The van der Waals surface area contributed by atoms with Crippen LogP contribution >= 0.6 is 0 Å². The normalized spacial score (nSPS) is 13.8. The average Bonchev–Trinajstić information content (AvgIpc) is 1.88. The maximum atomic E-state index is 10.1. The van der Waals surface area contributed by atoms with Crippen molar-refractivity contribution in [2.45, 2.75) is 25.8 Å². The van der Waals surface area contributed by atoms with E-state index in [0.29, 0.717) is 6.42 Å². The van der Waals surface area contributed by atoms with Crippen LogP contribution in [0.5, 0.6) is 0 Å². The van der Waals surface area contributed by atoms with Crippen molar-refractivity contribution >= 4 is 5.97 Å². The van der Waals surface area contributed by atoms with Crippen molar-refractivity contribution in [3.05, 3.63) is 12.2 Å². The Kier molecular flexibility index (Phi) is 4.58. The number of hydrogen-bond acceptors (Lipinski definition) is 2. The number of carboxylic acids is 1. The molecule has 58 valence electrons. The Morgan fingerprint density at radius 3 is 2.70 bits per heavy atom. The quantitative estimate of drug-likeness (QED) is 0.571. The third-order valence-corrected chi connectivity index (χ3v) is 1.11. The van der Waals surface area contributed by atoms with E-state index in [9.17, 15) is 4.79 Å². The predicted octanol–water partition coefficient (Wildman–Crippen LogP) is 0.755. The molecular weight excluding hydrogens is 130 g/mol. The summed E-state index contributed by atoms with van der Waals surface area (Å²) in [5.74, 6) is -0.944. The maximum Gasteiger partial charge on any atom is 0.320 e. The smallest absolute Gasteiger partial charge is 0.320 e. The van der Waals surface area contributed by atoms with Gasteiger partial charge in [-0.15, -0.1) is 0 Å². The second-order valence-corrected chi connectivity index (χ2v) is 2.06. The van der Waals surface area contributed by atoms with Gasteiger partial charge in [0.25, 0.3) is 0 Å². The molecule has 0 aliphatic rings. The van der Waals surface area contributed by atoms with Crippen molar-refractivity contribution in [3.63, 3.8) is 0 Å². The van der Waals surface area contributed by atoms with Gasteiger partial charge in [0.15, 0.2) is 0 Å². The number of allylic oxidation sites excluding steroid dienone is 1. The Morgan fingerprint density at radius 1 is 1.70 bits per heavy atom. The van der Waals surface area contributed by atoms with E-state index in [1.54, 1.807) is 6.08 Å². The molecule has 0 saturated heterocycles. The third-order valence-electron chi connectivity index (χ3n) is 1.11. The zero-order valence-electron chi connectivity index (χ0n) is 6.08. The zero-order chi connectivity index (χ0) is 7.98. The summed E-state index contributed by atoms with van der Waals surface area (Å²) in [5, 5.41) is 8.32. The van der Waals surface area contributed by atoms with Crippen LogP contribution in [0.25, 0.3) is 0 Å². The molecule has 0 unspecified atom stereocenters. The highest BCUT2D eigenvalue weighted by molar-refractivity contribution is 5.73. The van der Waals surface area contributed by atoms with Crippen LogP contribution in [0.4, 0.5) is 0 Å². The molecule has 0 spiro atoms. The van der Waals surface area contributed by atoms with Gasteiger partial charge in [0.1, 0.15) is 6.04 Å². The summed E-state index contributed by atoms with van der Waals surface area (Å²) >= 11 is 0. The molecule has 0 bridgehead atoms. The molecular formula is C7H13NO2. The minimum atomic E-state index is -0.944. The highest BCUT2D eigenvalue weighted by Crippen LogP contribution is 1.91. The molecule has 3 nitrogen and oxygen atoms in total. The fourth-order valence-electron chi connectivity index (χ4n) is 0.510. The summed E-state index contributed by atoms with van der Waals surface area (Å²) in [6.07, 6.45) is 5.04. The van der Waals surface area contributed by atoms with Crippen LogP contribution in [-0.4, -0.2) is 17.1 Å². The first kappa shape index (κ1) is 9.17. The molecule has 1 atom stereocenters. The lowest BCUT2D eigenvalue weighted by molar-refractivity contribution is -0.138. The zero-order valence-corrected chi connectivity index (χ0v) is 6.08. The molecule has 0 aromatic rings. The lowest BCUT2D eigenvalue weighted by Gasteiger charge is -1.99. The summed E-state index contributed by atoms with van der Waals surface area (Å²) in [5.41, 5.74) is 5.21. The monoisotopic (exact) mass is 143 g/mol. The molecule has 0 amide bonds. The van der Waals surface area contributed by atoms with Gasteiger partial charge in [-0.2, -0.15) is 0 Å². The molecule has 0 fully saturated rings. The number of carbonyl (C=O) groups is 1. The van der Waals surface area contributed by atoms with Crippen LogP contribution in [0.15, 0.2) is 12.2 Å². The molecule has 0 heterocycles. The Labute approximate surface area is 60.5 Å². The number of hydrogen-bond donors (Lipinski definition) is 2. The van der Waals surface area contributed by atoms with E-state index >= 15 is 0 Å². The van der Waals surface area contributed by atoms with Crippen molar-refractivity contribution < 1.29 is 9.90 Å². The van der Waals surface area contributed by atoms with Gasteiger partial charge in [-0.25, -0.2) is 0 Å². The van der Waals surface area contributed by atoms with Crippen molar-refractivity contribution in [1.82, 2.24) is 0 Å². The molecule has 0 radical (unpaired) electrons. The molecule has 0 aromatic carbocycles. The van der Waals surface area contributed by atoms with Gasteiger partial charge in [0.2, 0.25) is 0 Å². The van der Waals surface area contributed by atoms with E-state index in [2.05, 4.69) is 0 Å². The van der Waals surface area contributed by atoms with E-state index in [1.807, 2.05) is 13.0 Å². The van der Waals surface area contributed by atoms with Gasteiger partial charge in [-0.05, 0) is 12.8 Å². The highest BCUT2D eigenvalue weighted by Gasteiger charge is 2.07. The lowest BCUT2D eigenvalue weighted by Crippen LogP contribution is -2.29. The molecule has 3 heteroatoms. The minimum Gasteiger partial charge on any atom is -0.480 e. The van der Waals surface area contributed by atoms with Crippen LogP contribution in [0.1, 0.15) is 19.8 Å². The van der Waals surface area contributed by atoms with Crippen molar-refractivity contribution in [2.75, 3.05) is 0 Å². The molecule has 0 rings (SSSR count). The second-order valence-electron chi connectivity index (χ2n) is 2.06. The van der Waals surface area contributed by atoms with Crippen LogP contribution in [0.3, 0.4) is 0 Å². The van der Waals surface area contributed by atoms with E-state index in [4.69, 9.17) is 10.8 Å². The van der Waals surface area contributed by atoms with Crippen LogP contribution in [-0.2, 0) is 4.79 Å². The Morgan fingerprint density at radius 2 is 2.30 bits per heavy atom. The van der Waals surface area contributed by atoms with Crippen molar-refractivity contribution in [3.8, 4) is 0 Å². The number of nitrogens with two attached hydrogens (primary N) is 1. The van der Waals surface area contributed by atoms with E-state index in [0.717, 1.165) is 6.42 Å². The molecule has 3 N–H and O–H groups in total. The fraction of sp³-hybridized carbons (Fsp3) is 0.571. The maximum absolute atomic E-state index is 10.1. The lowest BCUT2D eigenvalue weighted by atomic mass is 10.2. The van der Waals surface area contributed by atoms with Gasteiger partial charge in [0.05, 0.1) is 0 Å². The van der Waals surface area contributed by atoms with Gasteiger partial charge in [-0.3, -0.25) is 4.79 Å². The fourth-order valence-corrected chi connectivity index (χ4v) is 0.510. The van der Waals surface area contributed by atoms with Crippen molar-refractivity contribution in [1.29, 1.82) is 0 Å². The SMILES string of the molecule is CC/C=C/C[C@@H](N)C(=O)O. The van der Waals surface area contributed by atoms with Crippen LogP contribution < -0.4 is 5.73 Å². The first-order chi connectivity index (χ1) is 4.68. The first-order valence-electron chi connectivity index (χ1n) is 3.31. The number of rotatable bonds is 4. The van der Waals surface area contributed by atoms with Gasteiger partial charge >= 0.3 is 5.97 Å². The summed E-state index contributed by atoms with van der Waals surface area (Å²) in [4.78, 5) is 10.1. The summed E-state index contributed by atoms with van der Waals surface area (Å²) in [6, 6.07) is -0.747. The summed E-state index contributed by atoms with van der Waals surface area (Å²) < 4.78 is 0. The molecule has 0 aliphatic carbocycles. The summed E-state index contributed by atoms with van der Waals surface area (Å²) in [6.45, 7) is 1.99. The topological polar surface area (TPSA) is 63.3 Å². The average molecular weight is 143 g/mol. The minimum absolute atomic E-state index is 0.420. The van der Waals surface area contributed by atoms with Gasteiger partial charge in [0, 0.05) is 0 Å². The van der Waals surface area contributed by atoms with Crippen LogP contribution in [0.2, 0.25) is 0 Å². The summed E-state index contributed by atoms with van der Waals surface area (Å²) in [7, 11) is 0. The first-order valence-corrected chi connectivity index (χ1v) is 3.31. The molecule has 0 aromatic heterocycles. The largest absolute Gasteiger partial charge is 0.480 e. The highest BCUT2D eigenvalue weighted by atomic mass is 16.4. The third kappa shape index (κ3) is 4.09. The molecule has 10 heavy (non-hydrogen) atoms. The number of aliphatic carboxylic acids is 1. The Balaban J connectivity index is 3.48. The number of carboxylic acid groups (broad SMARTS) is 1. The molecule has 0 saturated carbocycles. The van der Waals surface area contributed by atoms with E-state index in [-0.39, 0.29) is 0 Å². The van der Waals surface area contributed by atoms with Gasteiger partial charge < -0.3 is 10.8 Å². The molecule has 0 aliphatic heterocycles. The standard InChI is InChI=1S/C7H13NO2/c1-2-3-4-5-6(8)7(9)10/h3-4,6H,2,5,8H2,1H3,(H,9,10)/b4-3+/t6-/m1/s1. The van der Waals surface area contributed by atoms with Crippen molar-refractivity contribution in [2.24, 2.45) is 5.73 Å². The Bertz CT molecular complexity index is 132. The van der Waals surface area contributed by atoms with E-state index in [1.165, 1.54) is 0 Å². The van der Waals surface area contributed by atoms with Gasteiger partial charge in [-0.1, -0.05) is 19.1 Å². The predicted molar refractivity (Wildman–Crippen MR) is 39.7 cm³/mol. The van der Waals surface area contributed by atoms with Crippen LogP contribution in [0, 0.1) is 0 Å².